The van der Waals surface area contributed by atoms with E-state index in [1.165, 1.54) is 5.69 Å². The predicted octanol–water partition coefficient (Wildman–Crippen LogP) is 4.62. The summed E-state index contributed by atoms with van der Waals surface area (Å²) in [5.74, 6) is 0. The van der Waals surface area contributed by atoms with E-state index in [0.29, 0.717) is 0 Å². The van der Waals surface area contributed by atoms with Crippen LogP contribution in [0.1, 0.15) is 11.4 Å². The molecule has 0 bridgehead atoms. The van der Waals surface area contributed by atoms with Crippen LogP contribution in [0, 0.1) is 6.92 Å². The number of hydrogen-bond donors (Lipinski definition) is 0. The Balaban J connectivity index is 1.83. The van der Waals surface area contributed by atoms with Crippen molar-refractivity contribution in [3.63, 3.8) is 0 Å². The minimum atomic E-state index is 0.753. The van der Waals surface area contributed by atoms with Crippen LogP contribution in [0.25, 0.3) is 10.6 Å². The summed E-state index contributed by atoms with van der Waals surface area (Å²) in [6.45, 7) is 2.93. The smallest absolute Gasteiger partial charge is 0.123 e. The maximum Gasteiger partial charge on any atom is 0.123 e. The summed E-state index contributed by atoms with van der Waals surface area (Å²) in [5, 5.41) is 3.91. The quantitative estimate of drug-likeness (QED) is 0.687. The number of benzene rings is 1. The van der Waals surface area contributed by atoms with Gasteiger partial charge in [0.1, 0.15) is 5.01 Å². The van der Waals surface area contributed by atoms with Crippen LogP contribution in [0.4, 0.5) is 0 Å². The molecule has 0 amide bonds. The summed E-state index contributed by atoms with van der Waals surface area (Å²) in [5.41, 5.74) is 3.46. The molecule has 0 atom stereocenters. The first-order valence-electron chi connectivity index (χ1n) is 6.04. The molecule has 0 spiro atoms. The van der Waals surface area contributed by atoms with Crippen LogP contribution in [0.5, 0.6) is 0 Å². The number of thiazole rings is 1. The van der Waals surface area contributed by atoms with Gasteiger partial charge in [0, 0.05) is 27.9 Å². The van der Waals surface area contributed by atoms with E-state index in [-0.39, 0.29) is 0 Å². The van der Waals surface area contributed by atoms with Crippen molar-refractivity contribution in [3.8, 4) is 10.6 Å². The molecule has 0 N–H and O–H groups in total. The Labute approximate surface area is 121 Å². The molecule has 96 valence electrons. The molecule has 3 aromatic rings. The van der Waals surface area contributed by atoms with Gasteiger partial charge in [0.2, 0.25) is 0 Å². The second kappa shape index (κ2) is 5.19. The predicted molar refractivity (Wildman–Crippen MR) is 80.8 cm³/mol. The van der Waals surface area contributed by atoms with Gasteiger partial charge in [0.25, 0.3) is 0 Å². The minimum Gasteiger partial charge on any atom is -0.346 e. The number of hydrogen-bond acceptors (Lipinski definition) is 2. The van der Waals surface area contributed by atoms with E-state index < -0.39 is 0 Å². The normalized spacial score (nSPS) is 10.8. The van der Waals surface area contributed by atoms with Crippen LogP contribution in [-0.4, -0.2) is 9.55 Å². The molecule has 0 radical (unpaired) electrons. The first-order chi connectivity index (χ1) is 9.22. The number of aromatic nitrogens is 2. The fourth-order valence-electron chi connectivity index (χ4n) is 1.96. The first kappa shape index (κ1) is 12.5. The molecular formula is C15H13ClN2S. The molecule has 1 aromatic carbocycles. The molecule has 0 saturated carbocycles. The zero-order valence-electron chi connectivity index (χ0n) is 10.5. The summed E-state index contributed by atoms with van der Waals surface area (Å²) < 4.78 is 2.20. The average Bonchev–Trinajstić information content (AvgIpc) is 3.01. The van der Waals surface area contributed by atoms with Crippen molar-refractivity contribution in [1.29, 1.82) is 0 Å². The van der Waals surface area contributed by atoms with Crippen LogP contribution in [-0.2, 0) is 6.54 Å². The van der Waals surface area contributed by atoms with E-state index >= 15 is 0 Å². The van der Waals surface area contributed by atoms with Gasteiger partial charge in [0.15, 0.2) is 0 Å². The third-order valence-electron chi connectivity index (χ3n) is 3.03. The topological polar surface area (TPSA) is 17.8 Å². The van der Waals surface area contributed by atoms with Gasteiger partial charge in [-0.3, -0.25) is 0 Å². The number of nitrogens with zero attached hydrogens (tertiary/aromatic N) is 2. The highest BCUT2D eigenvalue weighted by Crippen LogP contribution is 2.25. The zero-order chi connectivity index (χ0) is 13.2. The third-order valence-corrected chi connectivity index (χ3v) is 4.22. The summed E-state index contributed by atoms with van der Waals surface area (Å²) >= 11 is 7.56. The zero-order valence-corrected chi connectivity index (χ0v) is 12.1. The Morgan fingerprint density at radius 2 is 2.00 bits per heavy atom. The van der Waals surface area contributed by atoms with Gasteiger partial charge in [-0.15, -0.1) is 11.3 Å². The molecule has 3 rings (SSSR count). The first-order valence-corrected chi connectivity index (χ1v) is 7.30. The van der Waals surface area contributed by atoms with E-state index in [1.54, 1.807) is 11.3 Å². The lowest BCUT2D eigenvalue weighted by molar-refractivity contribution is 0.760. The van der Waals surface area contributed by atoms with Crippen molar-refractivity contribution in [2.24, 2.45) is 0 Å². The number of halogens is 1. The number of aryl methyl sites for hydroxylation is 1. The van der Waals surface area contributed by atoms with E-state index in [1.807, 2.05) is 24.3 Å². The van der Waals surface area contributed by atoms with Crippen LogP contribution >= 0.6 is 22.9 Å². The number of rotatable bonds is 3. The molecule has 0 aliphatic carbocycles. The van der Waals surface area contributed by atoms with Gasteiger partial charge >= 0.3 is 0 Å². The van der Waals surface area contributed by atoms with Crippen LogP contribution in [0.3, 0.4) is 0 Å². The lowest BCUT2D eigenvalue weighted by Crippen LogP contribution is -1.99. The molecule has 2 aromatic heterocycles. The average molecular weight is 289 g/mol. The van der Waals surface area contributed by atoms with Gasteiger partial charge in [-0.2, -0.15) is 0 Å². The molecular weight excluding hydrogens is 276 g/mol. The van der Waals surface area contributed by atoms with E-state index in [9.17, 15) is 0 Å². The van der Waals surface area contributed by atoms with E-state index in [4.69, 9.17) is 11.6 Å². The second-order valence-electron chi connectivity index (χ2n) is 4.43. The Kier molecular flexibility index (Phi) is 3.40. The fourth-order valence-corrected chi connectivity index (χ4v) is 2.90. The molecule has 0 unspecified atom stereocenters. The van der Waals surface area contributed by atoms with Crippen LogP contribution < -0.4 is 0 Å². The van der Waals surface area contributed by atoms with Gasteiger partial charge in [0.05, 0.1) is 12.2 Å². The van der Waals surface area contributed by atoms with Crippen molar-refractivity contribution in [3.05, 3.63) is 64.4 Å². The SMILES string of the molecule is Cc1cccn1Cc1csc(-c2ccc(Cl)cc2)n1. The van der Waals surface area contributed by atoms with Crippen molar-refractivity contribution in [2.75, 3.05) is 0 Å². The highest BCUT2D eigenvalue weighted by atomic mass is 35.5. The van der Waals surface area contributed by atoms with Gasteiger partial charge in [-0.25, -0.2) is 4.98 Å². The third kappa shape index (κ3) is 2.72. The van der Waals surface area contributed by atoms with Gasteiger partial charge in [-0.1, -0.05) is 23.7 Å². The summed E-state index contributed by atoms with van der Waals surface area (Å²) in [4.78, 5) is 4.68. The summed E-state index contributed by atoms with van der Waals surface area (Å²) in [7, 11) is 0. The maximum absolute atomic E-state index is 5.90. The standard InChI is InChI=1S/C15H13ClN2S/c1-11-3-2-8-18(11)9-14-10-19-15(17-14)12-4-6-13(16)7-5-12/h2-8,10H,9H2,1H3. The Morgan fingerprint density at radius 1 is 1.21 bits per heavy atom. The Hall–Kier alpha value is -1.58. The van der Waals surface area contributed by atoms with Crippen molar-refractivity contribution < 1.29 is 0 Å². The monoisotopic (exact) mass is 288 g/mol. The summed E-state index contributed by atoms with van der Waals surface area (Å²) in [6.07, 6.45) is 2.08. The molecule has 2 heterocycles. The van der Waals surface area contributed by atoms with Gasteiger partial charge < -0.3 is 4.57 Å². The molecule has 0 aliphatic rings. The van der Waals surface area contributed by atoms with Gasteiger partial charge in [-0.05, 0) is 31.2 Å². The molecule has 2 nitrogen and oxygen atoms in total. The molecule has 0 fully saturated rings. The maximum atomic E-state index is 5.90. The lowest BCUT2D eigenvalue weighted by Gasteiger charge is -2.02. The highest BCUT2D eigenvalue weighted by molar-refractivity contribution is 7.13. The summed E-state index contributed by atoms with van der Waals surface area (Å²) in [6, 6.07) is 12.0. The fraction of sp³-hybridized carbons (Fsp3) is 0.133. The molecule has 0 saturated heterocycles. The minimum absolute atomic E-state index is 0.753. The second-order valence-corrected chi connectivity index (χ2v) is 5.72. The van der Waals surface area contributed by atoms with E-state index in [0.717, 1.165) is 27.8 Å². The Bertz CT molecular complexity index is 682. The van der Waals surface area contributed by atoms with Crippen LogP contribution in [0.2, 0.25) is 5.02 Å². The van der Waals surface area contributed by atoms with E-state index in [2.05, 4.69) is 40.2 Å². The molecule has 4 heteroatoms. The van der Waals surface area contributed by atoms with Crippen molar-refractivity contribution in [2.45, 2.75) is 13.5 Å². The molecule has 19 heavy (non-hydrogen) atoms. The Morgan fingerprint density at radius 3 is 2.68 bits per heavy atom. The van der Waals surface area contributed by atoms with Crippen LogP contribution in [0.15, 0.2) is 48.0 Å². The van der Waals surface area contributed by atoms with Crippen molar-refractivity contribution in [1.82, 2.24) is 9.55 Å². The largest absolute Gasteiger partial charge is 0.346 e. The van der Waals surface area contributed by atoms with Crippen molar-refractivity contribution >= 4 is 22.9 Å². The highest BCUT2D eigenvalue weighted by Gasteiger charge is 2.06. The molecule has 0 aliphatic heterocycles. The lowest BCUT2D eigenvalue weighted by atomic mass is 10.2.